The Morgan fingerprint density at radius 3 is 2.71 bits per heavy atom. The minimum absolute atomic E-state index is 0.113. The molecule has 1 aliphatic rings. The third kappa shape index (κ3) is 3.00. The van der Waals surface area contributed by atoms with Gasteiger partial charge in [-0.3, -0.25) is 4.90 Å². The second-order valence-corrected chi connectivity index (χ2v) is 6.76. The van der Waals surface area contributed by atoms with Crippen LogP contribution in [0.3, 0.4) is 0 Å². The first-order chi connectivity index (χ1) is 9.93. The summed E-state index contributed by atoms with van der Waals surface area (Å²) >= 11 is 0. The van der Waals surface area contributed by atoms with Crippen molar-refractivity contribution in [3.63, 3.8) is 0 Å². The van der Waals surface area contributed by atoms with Gasteiger partial charge in [0, 0.05) is 11.5 Å². The Hall–Kier alpha value is -1.69. The van der Waals surface area contributed by atoms with Crippen LogP contribution in [0, 0.1) is 6.92 Å². The third-order valence-corrected chi connectivity index (χ3v) is 3.79. The maximum absolute atomic E-state index is 5.42. The number of aryl methyl sites for hydroxylation is 1. The lowest BCUT2D eigenvalue weighted by Crippen LogP contribution is -2.23. The monoisotopic (exact) mass is 290 g/mol. The molecule has 1 fully saturated rings. The van der Waals surface area contributed by atoms with Gasteiger partial charge in [0.05, 0.1) is 18.3 Å². The van der Waals surface area contributed by atoms with Crippen molar-refractivity contribution in [2.24, 2.45) is 0 Å². The summed E-state index contributed by atoms with van der Waals surface area (Å²) in [7, 11) is 0. The molecule has 1 aliphatic heterocycles. The molecule has 0 spiro atoms. The van der Waals surface area contributed by atoms with E-state index < -0.39 is 0 Å². The highest BCUT2D eigenvalue weighted by molar-refractivity contribution is 5.10. The molecule has 2 aromatic rings. The quantitative estimate of drug-likeness (QED) is 0.865. The van der Waals surface area contributed by atoms with Crippen LogP contribution in [0.5, 0.6) is 0 Å². The minimum atomic E-state index is -0.113. The molecule has 3 heterocycles. The Bertz CT molecular complexity index is 611. The SMILES string of the molecule is Cc1cc(C2CCCN2Cc2noc(C(C)(C)C)n2)on1. The average Bonchev–Trinajstić information content (AvgIpc) is 3.08. The van der Waals surface area contributed by atoms with Gasteiger partial charge in [-0.25, -0.2) is 0 Å². The van der Waals surface area contributed by atoms with Gasteiger partial charge in [0.15, 0.2) is 11.6 Å². The molecule has 1 unspecified atom stereocenters. The molecule has 114 valence electrons. The molecule has 1 atom stereocenters. The summed E-state index contributed by atoms with van der Waals surface area (Å²) in [6, 6.07) is 2.28. The number of nitrogens with zero attached hydrogens (tertiary/aromatic N) is 4. The average molecular weight is 290 g/mol. The van der Waals surface area contributed by atoms with Crippen molar-refractivity contribution in [3.8, 4) is 0 Å². The lowest BCUT2D eigenvalue weighted by molar-refractivity contribution is 0.200. The Balaban J connectivity index is 1.73. The van der Waals surface area contributed by atoms with Gasteiger partial charge < -0.3 is 9.05 Å². The highest BCUT2D eigenvalue weighted by Crippen LogP contribution is 2.33. The molecule has 2 aromatic heterocycles. The van der Waals surface area contributed by atoms with Gasteiger partial charge in [-0.05, 0) is 26.3 Å². The molecule has 6 heteroatoms. The van der Waals surface area contributed by atoms with E-state index in [0.29, 0.717) is 12.4 Å². The summed E-state index contributed by atoms with van der Waals surface area (Å²) < 4.78 is 10.8. The first kappa shape index (κ1) is 14.3. The summed E-state index contributed by atoms with van der Waals surface area (Å²) in [5.41, 5.74) is 0.809. The first-order valence-electron chi connectivity index (χ1n) is 7.44. The molecule has 0 amide bonds. The van der Waals surface area contributed by atoms with Crippen LogP contribution >= 0.6 is 0 Å². The van der Waals surface area contributed by atoms with Gasteiger partial charge in [0.25, 0.3) is 0 Å². The van der Waals surface area contributed by atoms with Crippen molar-refractivity contribution in [3.05, 3.63) is 29.2 Å². The van der Waals surface area contributed by atoms with Crippen molar-refractivity contribution in [1.29, 1.82) is 0 Å². The molecule has 0 saturated carbocycles. The first-order valence-corrected chi connectivity index (χ1v) is 7.44. The largest absolute Gasteiger partial charge is 0.359 e. The smallest absolute Gasteiger partial charge is 0.232 e. The molecule has 1 saturated heterocycles. The summed E-state index contributed by atoms with van der Waals surface area (Å²) in [4.78, 5) is 6.84. The van der Waals surface area contributed by atoms with Gasteiger partial charge >= 0.3 is 0 Å². The van der Waals surface area contributed by atoms with Crippen molar-refractivity contribution >= 4 is 0 Å². The summed E-state index contributed by atoms with van der Waals surface area (Å²) in [6.45, 7) is 9.86. The van der Waals surface area contributed by atoms with Gasteiger partial charge in [-0.1, -0.05) is 31.1 Å². The Labute approximate surface area is 124 Å². The van der Waals surface area contributed by atoms with Gasteiger partial charge in [0.2, 0.25) is 5.89 Å². The standard InChI is InChI=1S/C15H22N4O2/c1-10-8-12(20-17-10)11-6-5-7-19(11)9-13-16-14(21-18-13)15(2,3)4/h8,11H,5-7,9H2,1-4H3. The van der Waals surface area contributed by atoms with E-state index in [4.69, 9.17) is 9.05 Å². The maximum atomic E-state index is 5.42. The Morgan fingerprint density at radius 1 is 1.29 bits per heavy atom. The van der Waals surface area contributed by atoms with E-state index in [-0.39, 0.29) is 11.5 Å². The zero-order valence-corrected chi connectivity index (χ0v) is 13.1. The summed E-state index contributed by atoms with van der Waals surface area (Å²) in [5.74, 6) is 2.36. The Kier molecular flexibility index (Phi) is 3.57. The van der Waals surface area contributed by atoms with E-state index in [0.717, 1.165) is 36.7 Å². The summed E-state index contributed by atoms with van der Waals surface area (Å²) in [6.07, 6.45) is 2.23. The van der Waals surface area contributed by atoms with Crippen LogP contribution in [-0.2, 0) is 12.0 Å². The van der Waals surface area contributed by atoms with Crippen LogP contribution in [0.15, 0.2) is 15.1 Å². The fraction of sp³-hybridized carbons (Fsp3) is 0.667. The molecule has 0 aromatic carbocycles. The number of hydrogen-bond acceptors (Lipinski definition) is 6. The normalized spacial score (nSPS) is 20.3. The zero-order chi connectivity index (χ0) is 15.0. The van der Waals surface area contributed by atoms with E-state index in [2.05, 4.69) is 41.0 Å². The van der Waals surface area contributed by atoms with Gasteiger partial charge in [-0.15, -0.1) is 0 Å². The molecule has 0 aliphatic carbocycles. The zero-order valence-electron chi connectivity index (χ0n) is 13.1. The van der Waals surface area contributed by atoms with Crippen LogP contribution in [0.1, 0.15) is 62.8 Å². The van der Waals surface area contributed by atoms with Crippen LogP contribution in [0.2, 0.25) is 0 Å². The van der Waals surface area contributed by atoms with E-state index in [1.54, 1.807) is 0 Å². The lowest BCUT2D eigenvalue weighted by atomic mass is 9.97. The number of aromatic nitrogens is 3. The van der Waals surface area contributed by atoms with Crippen molar-refractivity contribution in [2.45, 2.75) is 58.5 Å². The molecule has 6 nitrogen and oxygen atoms in total. The van der Waals surface area contributed by atoms with E-state index in [9.17, 15) is 0 Å². The highest BCUT2D eigenvalue weighted by atomic mass is 16.5. The molecule has 3 rings (SSSR count). The molecular weight excluding hydrogens is 268 g/mol. The minimum Gasteiger partial charge on any atom is -0.359 e. The van der Waals surface area contributed by atoms with Crippen molar-refractivity contribution < 1.29 is 9.05 Å². The third-order valence-electron chi connectivity index (χ3n) is 3.79. The second-order valence-electron chi connectivity index (χ2n) is 6.76. The fourth-order valence-corrected chi connectivity index (χ4v) is 2.68. The summed E-state index contributed by atoms with van der Waals surface area (Å²) in [5, 5.41) is 8.09. The second kappa shape index (κ2) is 5.26. The van der Waals surface area contributed by atoms with Crippen molar-refractivity contribution in [1.82, 2.24) is 20.2 Å². The molecule has 0 N–H and O–H groups in total. The van der Waals surface area contributed by atoms with Gasteiger partial charge in [0.1, 0.15) is 0 Å². The lowest BCUT2D eigenvalue weighted by Gasteiger charge is -2.20. The number of hydrogen-bond donors (Lipinski definition) is 0. The number of likely N-dealkylation sites (tertiary alicyclic amines) is 1. The van der Waals surface area contributed by atoms with E-state index in [1.807, 2.05) is 13.0 Å². The van der Waals surface area contributed by atoms with Crippen LogP contribution in [0.4, 0.5) is 0 Å². The maximum Gasteiger partial charge on any atom is 0.232 e. The van der Waals surface area contributed by atoms with Crippen LogP contribution in [-0.4, -0.2) is 26.7 Å². The molecule has 21 heavy (non-hydrogen) atoms. The predicted molar refractivity (Wildman–Crippen MR) is 76.6 cm³/mol. The molecule has 0 bridgehead atoms. The van der Waals surface area contributed by atoms with E-state index >= 15 is 0 Å². The van der Waals surface area contributed by atoms with E-state index in [1.165, 1.54) is 0 Å². The predicted octanol–water partition coefficient (Wildman–Crippen LogP) is 3.00. The van der Waals surface area contributed by atoms with Crippen LogP contribution < -0.4 is 0 Å². The highest BCUT2D eigenvalue weighted by Gasteiger charge is 2.31. The number of rotatable bonds is 3. The topological polar surface area (TPSA) is 68.2 Å². The fourth-order valence-electron chi connectivity index (χ4n) is 2.68. The molecule has 0 radical (unpaired) electrons. The Morgan fingerprint density at radius 2 is 2.10 bits per heavy atom. The van der Waals surface area contributed by atoms with Crippen LogP contribution in [0.25, 0.3) is 0 Å². The molecular formula is C15H22N4O2. The van der Waals surface area contributed by atoms with Gasteiger partial charge in [-0.2, -0.15) is 4.98 Å². The van der Waals surface area contributed by atoms with Crippen molar-refractivity contribution in [2.75, 3.05) is 6.54 Å².